The van der Waals surface area contributed by atoms with Gasteiger partial charge in [0, 0.05) is 6.08 Å². The van der Waals surface area contributed by atoms with Crippen molar-refractivity contribution in [1.29, 1.82) is 0 Å². The lowest BCUT2D eigenvalue weighted by Crippen LogP contribution is -1.98. The summed E-state index contributed by atoms with van der Waals surface area (Å²) in [6.07, 6.45) is 5.00. The lowest BCUT2D eigenvalue weighted by atomic mass is 10.1. The van der Waals surface area contributed by atoms with Crippen molar-refractivity contribution in [3.8, 4) is 5.75 Å². The Morgan fingerprint density at radius 1 is 1.41 bits per heavy atom. The van der Waals surface area contributed by atoms with Gasteiger partial charge in [0.1, 0.15) is 5.75 Å². The summed E-state index contributed by atoms with van der Waals surface area (Å²) in [6.45, 7) is 2.21. The first kappa shape index (κ1) is 13.3. The number of carbonyl (C=O) groups is 1. The molecule has 3 nitrogen and oxygen atoms in total. The number of rotatable bonds is 6. The molecule has 0 aliphatic carbocycles. The minimum Gasteiger partial charge on any atom is -0.497 e. The summed E-state index contributed by atoms with van der Waals surface area (Å²) in [5, 5.41) is 0. The molecule has 0 aliphatic rings. The van der Waals surface area contributed by atoms with Gasteiger partial charge in [0.05, 0.1) is 13.7 Å². The van der Waals surface area contributed by atoms with Crippen LogP contribution in [0.3, 0.4) is 0 Å². The largest absolute Gasteiger partial charge is 0.497 e. The molecule has 0 spiro atoms. The Morgan fingerprint density at radius 3 is 2.94 bits per heavy atom. The van der Waals surface area contributed by atoms with Gasteiger partial charge in [0.15, 0.2) is 0 Å². The van der Waals surface area contributed by atoms with Crippen LogP contribution in [0.25, 0.3) is 0 Å². The number of benzene rings is 1. The molecule has 92 valence electrons. The molecule has 1 aromatic carbocycles. The van der Waals surface area contributed by atoms with E-state index in [-0.39, 0.29) is 5.97 Å². The van der Waals surface area contributed by atoms with Crippen LogP contribution in [0.5, 0.6) is 5.75 Å². The number of allylic oxidation sites excluding steroid dienone is 1. The van der Waals surface area contributed by atoms with Crippen molar-refractivity contribution in [3.63, 3.8) is 0 Å². The highest BCUT2D eigenvalue weighted by atomic mass is 16.5. The molecule has 0 fully saturated rings. The van der Waals surface area contributed by atoms with E-state index in [4.69, 9.17) is 9.47 Å². The Bertz CT molecular complexity index is 383. The van der Waals surface area contributed by atoms with E-state index in [2.05, 4.69) is 0 Å². The number of methoxy groups -OCH3 is 1. The van der Waals surface area contributed by atoms with Gasteiger partial charge in [-0.1, -0.05) is 18.2 Å². The van der Waals surface area contributed by atoms with E-state index < -0.39 is 0 Å². The van der Waals surface area contributed by atoms with Crippen molar-refractivity contribution in [2.75, 3.05) is 13.7 Å². The summed E-state index contributed by atoms with van der Waals surface area (Å²) in [5.74, 6) is 0.579. The molecule has 3 heteroatoms. The van der Waals surface area contributed by atoms with Gasteiger partial charge in [0.2, 0.25) is 0 Å². The second-order valence-electron chi connectivity index (χ2n) is 3.54. The zero-order chi connectivity index (χ0) is 12.5. The summed E-state index contributed by atoms with van der Waals surface area (Å²) in [4.78, 5) is 11.0. The minimum absolute atomic E-state index is 0.279. The monoisotopic (exact) mass is 234 g/mol. The van der Waals surface area contributed by atoms with Gasteiger partial charge in [-0.15, -0.1) is 0 Å². The molecule has 0 unspecified atom stereocenters. The van der Waals surface area contributed by atoms with E-state index in [9.17, 15) is 4.79 Å². The summed E-state index contributed by atoms with van der Waals surface area (Å²) in [6, 6.07) is 7.92. The Morgan fingerprint density at radius 2 is 2.24 bits per heavy atom. The molecule has 0 aromatic heterocycles. The lowest BCUT2D eigenvalue weighted by molar-refractivity contribution is -0.137. The number of carbonyl (C=O) groups excluding carboxylic acids is 1. The van der Waals surface area contributed by atoms with Gasteiger partial charge < -0.3 is 9.47 Å². The fourth-order valence-corrected chi connectivity index (χ4v) is 1.45. The SMILES string of the molecule is CCOC(=O)C=CCCc1cccc(OC)c1. The molecule has 0 atom stereocenters. The van der Waals surface area contributed by atoms with Gasteiger partial charge in [0.25, 0.3) is 0 Å². The van der Waals surface area contributed by atoms with E-state index in [1.54, 1.807) is 14.0 Å². The number of aryl methyl sites for hydroxylation is 1. The maximum atomic E-state index is 11.0. The van der Waals surface area contributed by atoms with Crippen LogP contribution in [0.15, 0.2) is 36.4 Å². The quantitative estimate of drug-likeness (QED) is 0.561. The Kier molecular flexibility index (Phi) is 5.86. The highest BCUT2D eigenvalue weighted by molar-refractivity contribution is 5.81. The average Bonchev–Trinajstić information content (AvgIpc) is 2.35. The number of hydrogen-bond acceptors (Lipinski definition) is 3. The van der Waals surface area contributed by atoms with Gasteiger partial charge in [-0.25, -0.2) is 4.79 Å². The third kappa shape index (κ3) is 5.20. The van der Waals surface area contributed by atoms with E-state index in [0.29, 0.717) is 6.61 Å². The van der Waals surface area contributed by atoms with E-state index in [0.717, 1.165) is 18.6 Å². The molecule has 0 aliphatic heterocycles. The summed E-state index contributed by atoms with van der Waals surface area (Å²) in [7, 11) is 1.65. The van der Waals surface area contributed by atoms with Crippen molar-refractivity contribution < 1.29 is 14.3 Å². The van der Waals surface area contributed by atoms with Crippen LogP contribution in [-0.2, 0) is 16.0 Å². The van der Waals surface area contributed by atoms with Crippen LogP contribution >= 0.6 is 0 Å². The zero-order valence-corrected chi connectivity index (χ0v) is 10.3. The first-order chi connectivity index (χ1) is 8.26. The molecular formula is C14H18O3. The second-order valence-corrected chi connectivity index (χ2v) is 3.54. The summed E-state index contributed by atoms with van der Waals surface area (Å²) in [5.41, 5.74) is 1.19. The van der Waals surface area contributed by atoms with Crippen molar-refractivity contribution in [1.82, 2.24) is 0 Å². The molecule has 1 rings (SSSR count). The van der Waals surface area contributed by atoms with Crippen LogP contribution in [0.2, 0.25) is 0 Å². The molecule has 0 N–H and O–H groups in total. The van der Waals surface area contributed by atoms with E-state index in [1.807, 2.05) is 30.3 Å². The number of ether oxygens (including phenoxy) is 2. The smallest absolute Gasteiger partial charge is 0.330 e. The summed E-state index contributed by atoms with van der Waals surface area (Å²) >= 11 is 0. The van der Waals surface area contributed by atoms with Gasteiger partial charge >= 0.3 is 5.97 Å². The molecule has 0 saturated carbocycles. The van der Waals surface area contributed by atoms with Gasteiger partial charge in [-0.3, -0.25) is 0 Å². The van der Waals surface area contributed by atoms with Crippen molar-refractivity contribution in [2.24, 2.45) is 0 Å². The Labute approximate surface area is 102 Å². The standard InChI is InChI=1S/C14H18O3/c1-3-17-14(15)10-5-4-7-12-8-6-9-13(11-12)16-2/h5-6,8-11H,3-4,7H2,1-2H3. The Hall–Kier alpha value is -1.77. The highest BCUT2D eigenvalue weighted by Gasteiger charge is 1.96. The minimum atomic E-state index is -0.279. The van der Waals surface area contributed by atoms with Crippen molar-refractivity contribution in [3.05, 3.63) is 42.0 Å². The molecular weight excluding hydrogens is 216 g/mol. The van der Waals surface area contributed by atoms with Crippen LogP contribution in [0.1, 0.15) is 18.9 Å². The van der Waals surface area contributed by atoms with Crippen molar-refractivity contribution >= 4 is 5.97 Å². The fourth-order valence-electron chi connectivity index (χ4n) is 1.45. The van der Waals surface area contributed by atoms with Crippen molar-refractivity contribution in [2.45, 2.75) is 19.8 Å². The Balaban J connectivity index is 2.37. The number of esters is 1. The van der Waals surface area contributed by atoms with Crippen LogP contribution in [-0.4, -0.2) is 19.7 Å². The normalized spacial score (nSPS) is 10.5. The molecule has 0 saturated heterocycles. The molecule has 17 heavy (non-hydrogen) atoms. The average molecular weight is 234 g/mol. The van der Waals surface area contributed by atoms with Crippen LogP contribution < -0.4 is 4.74 Å². The molecule has 1 aromatic rings. The third-order valence-corrected chi connectivity index (χ3v) is 2.27. The summed E-state index contributed by atoms with van der Waals surface area (Å²) < 4.78 is 9.92. The number of hydrogen-bond donors (Lipinski definition) is 0. The second kappa shape index (κ2) is 7.49. The van der Waals surface area contributed by atoms with E-state index >= 15 is 0 Å². The van der Waals surface area contributed by atoms with Crippen LogP contribution in [0, 0.1) is 0 Å². The zero-order valence-electron chi connectivity index (χ0n) is 10.3. The fraction of sp³-hybridized carbons (Fsp3) is 0.357. The third-order valence-electron chi connectivity index (χ3n) is 2.27. The molecule has 0 radical (unpaired) electrons. The predicted octanol–water partition coefficient (Wildman–Crippen LogP) is 2.75. The lowest BCUT2D eigenvalue weighted by Gasteiger charge is -2.02. The topological polar surface area (TPSA) is 35.5 Å². The first-order valence-electron chi connectivity index (χ1n) is 5.72. The highest BCUT2D eigenvalue weighted by Crippen LogP contribution is 2.13. The molecule has 0 heterocycles. The maximum Gasteiger partial charge on any atom is 0.330 e. The predicted molar refractivity (Wildman–Crippen MR) is 67.1 cm³/mol. The van der Waals surface area contributed by atoms with Crippen LogP contribution in [0.4, 0.5) is 0 Å². The van der Waals surface area contributed by atoms with E-state index in [1.165, 1.54) is 11.6 Å². The van der Waals surface area contributed by atoms with Gasteiger partial charge in [-0.2, -0.15) is 0 Å². The van der Waals surface area contributed by atoms with Gasteiger partial charge in [-0.05, 0) is 37.5 Å². The molecule has 0 amide bonds. The first-order valence-corrected chi connectivity index (χ1v) is 5.72. The molecule has 0 bridgehead atoms. The maximum absolute atomic E-state index is 11.0.